The minimum Gasteiger partial charge on any atom is -0.485 e. The van der Waals surface area contributed by atoms with Crippen LogP contribution in [0, 0.1) is 0 Å². The van der Waals surface area contributed by atoms with E-state index in [0.29, 0.717) is 35.5 Å². The van der Waals surface area contributed by atoms with Gasteiger partial charge in [-0.2, -0.15) is 5.10 Å². The lowest BCUT2D eigenvalue weighted by Gasteiger charge is -2.32. The molecule has 1 fully saturated rings. The van der Waals surface area contributed by atoms with Gasteiger partial charge in [0, 0.05) is 30.1 Å². The standard InChI is InChI=1S/C17H21N3O3S/c1-2-11-8-18-19-14(11)12-4-3-5-20(9-12)17(21)16-15-13(10-24-16)22-6-7-23-15/h8,10,12H,2-7,9H2,1H3,(H,18,19)/t12-/m0/s1. The van der Waals surface area contributed by atoms with E-state index in [0.717, 1.165) is 32.4 Å². The van der Waals surface area contributed by atoms with E-state index in [1.165, 1.54) is 22.6 Å². The van der Waals surface area contributed by atoms with E-state index in [9.17, 15) is 4.79 Å². The number of aryl methyl sites for hydroxylation is 1. The Balaban J connectivity index is 1.54. The van der Waals surface area contributed by atoms with Gasteiger partial charge in [-0.1, -0.05) is 6.92 Å². The van der Waals surface area contributed by atoms with Crippen molar-refractivity contribution in [3.63, 3.8) is 0 Å². The zero-order valence-electron chi connectivity index (χ0n) is 13.7. The molecule has 2 aliphatic heterocycles. The Hall–Kier alpha value is -2.02. The first-order valence-electron chi connectivity index (χ1n) is 8.46. The van der Waals surface area contributed by atoms with Gasteiger partial charge >= 0.3 is 0 Å². The van der Waals surface area contributed by atoms with Gasteiger partial charge in [0.1, 0.15) is 18.1 Å². The van der Waals surface area contributed by atoms with Crippen LogP contribution < -0.4 is 9.47 Å². The molecule has 24 heavy (non-hydrogen) atoms. The highest BCUT2D eigenvalue weighted by molar-refractivity contribution is 7.12. The smallest absolute Gasteiger partial charge is 0.267 e. The highest BCUT2D eigenvalue weighted by Crippen LogP contribution is 2.40. The molecule has 128 valence electrons. The SMILES string of the molecule is CCc1cn[nH]c1[C@H]1CCCN(C(=O)c2scc3c2OCCO3)C1. The van der Waals surface area contributed by atoms with Crippen molar-refractivity contribution < 1.29 is 14.3 Å². The Kier molecular flexibility index (Phi) is 4.18. The van der Waals surface area contributed by atoms with E-state index in [1.54, 1.807) is 0 Å². The number of nitrogens with zero attached hydrogens (tertiary/aromatic N) is 2. The number of aromatic amines is 1. The number of aromatic nitrogens is 2. The second kappa shape index (κ2) is 6.47. The van der Waals surface area contributed by atoms with Crippen LogP contribution in [0.3, 0.4) is 0 Å². The molecule has 1 amide bonds. The van der Waals surface area contributed by atoms with Gasteiger partial charge in [0.05, 0.1) is 6.20 Å². The molecular weight excluding hydrogens is 326 g/mol. The summed E-state index contributed by atoms with van der Waals surface area (Å²) in [4.78, 5) is 15.6. The Morgan fingerprint density at radius 2 is 2.33 bits per heavy atom. The molecule has 0 aliphatic carbocycles. The van der Waals surface area contributed by atoms with Gasteiger partial charge < -0.3 is 14.4 Å². The molecule has 4 heterocycles. The number of carbonyl (C=O) groups is 1. The molecule has 1 N–H and O–H groups in total. The topological polar surface area (TPSA) is 67.5 Å². The van der Waals surface area contributed by atoms with E-state index < -0.39 is 0 Å². The predicted octanol–water partition coefficient (Wildman–Crippen LogP) is 2.82. The van der Waals surface area contributed by atoms with E-state index in [1.807, 2.05) is 16.5 Å². The maximum absolute atomic E-state index is 13.0. The molecule has 2 aromatic rings. The summed E-state index contributed by atoms with van der Waals surface area (Å²) in [6.07, 6.45) is 4.95. The number of amides is 1. The van der Waals surface area contributed by atoms with Crippen molar-refractivity contribution >= 4 is 17.2 Å². The van der Waals surface area contributed by atoms with E-state index in [4.69, 9.17) is 9.47 Å². The molecule has 0 aromatic carbocycles. The molecule has 0 radical (unpaired) electrons. The lowest BCUT2D eigenvalue weighted by atomic mass is 9.92. The van der Waals surface area contributed by atoms with Crippen LogP contribution in [0.2, 0.25) is 0 Å². The number of hydrogen-bond acceptors (Lipinski definition) is 5. The molecule has 2 aromatic heterocycles. The van der Waals surface area contributed by atoms with E-state index >= 15 is 0 Å². The van der Waals surface area contributed by atoms with Crippen LogP contribution >= 0.6 is 11.3 Å². The van der Waals surface area contributed by atoms with Crippen LogP contribution in [0.4, 0.5) is 0 Å². The molecule has 0 spiro atoms. The third-order valence-corrected chi connectivity index (χ3v) is 5.67. The van der Waals surface area contributed by atoms with Crippen molar-refractivity contribution in [1.29, 1.82) is 0 Å². The summed E-state index contributed by atoms with van der Waals surface area (Å²) in [5.41, 5.74) is 2.43. The zero-order valence-corrected chi connectivity index (χ0v) is 14.5. The summed E-state index contributed by atoms with van der Waals surface area (Å²) < 4.78 is 11.2. The van der Waals surface area contributed by atoms with Crippen LogP contribution in [0.5, 0.6) is 11.5 Å². The number of fused-ring (bicyclic) bond motifs is 1. The van der Waals surface area contributed by atoms with Gasteiger partial charge in [0.15, 0.2) is 11.5 Å². The van der Waals surface area contributed by atoms with Gasteiger partial charge in [0.25, 0.3) is 5.91 Å². The second-order valence-corrected chi connectivity index (χ2v) is 7.09. The Morgan fingerprint density at radius 3 is 3.21 bits per heavy atom. The van der Waals surface area contributed by atoms with Crippen molar-refractivity contribution in [3.05, 3.63) is 27.7 Å². The number of piperidine rings is 1. The number of thiophene rings is 1. The minimum absolute atomic E-state index is 0.0500. The van der Waals surface area contributed by atoms with Gasteiger partial charge in [-0.15, -0.1) is 11.3 Å². The van der Waals surface area contributed by atoms with Crippen LogP contribution in [0.25, 0.3) is 0 Å². The van der Waals surface area contributed by atoms with Gasteiger partial charge in [-0.25, -0.2) is 0 Å². The summed E-state index contributed by atoms with van der Waals surface area (Å²) in [5.74, 6) is 1.70. The molecule has 0 saturated carbocycles. The van der Waals surface area contributed by atoms with Gasteiger partial charge in [-0.3, -0.25) is 9.89 Å². The average molecular weight is 347 g/mol. The monoisotopic (exact) mass is 347 g/mol. The summed E-state index contributed by atoms with van der Waals surface area (Å²) in [6.45, 7) is 4.69. The lowest BCUT2D eigenvalue weighted by molar-refractivity contribution is 0.0702. The summed E-state index contributed by atoms with van der Waals surface area (Å²) in [7, 11) is 0. The fourth-order valence-electron chi connectivity index (χ4n) is 3.51. The number of likely N-dealkylation sites (tertiary alicyclic amines) is 1. The van der Waals surface area contributed by atoms with Crippen LogP contribution in [0.15, 0.2) is 11.6 Å². The number of carbonyl (C=O) groups excluding carboxylic acids is 1. The third kappa shape index (κ3) is 2.66. The van der Waals surface area contributed by atoms with E-state index in [2.05, 4.69) is 17.1 Å². The highest BCUT2D eigenvalue weighted by atomic mass is 32.1. The number of nitrogens with one attached hydrogen (secondary N) is 1. The van der Waals surface area contributed by atoms with Crippen molar-refractivity contribution in [1.82, 2.24) is 15.1 Å². The van der Waals surface area contributed by atoms with Crippen molar-refractivity contribution in [2.45, 2.75) is 32.1 Å². The Morgan fingerprint density at radius 1 is 1.46 bits per heavy atom. The first-order chi connectivity index (χ1) is 11.8. The largest absolute Gasteiger partial charge is 0.485 e. The van der Waals surface area contributed by atoms with Crippen LogP contribution in [0.1, 0.15) is 46.6 Å². The molecule has 7 heteroatoms. The normalized spacial score (nSPS) is 20.2. The van der Waals surface area contributed by atoms with Gasteiger partial charge in [0.2, 0.25) is 0 Å². The summed E-state index contributed by atoms with van der Waals surface area (Å²) in [5, 5.41) is 9.19. The van der Waals surface area contributed by atoms with Crippen molar-refractivity contribution in [2.75, 3.05) is 26.3 Å². The minimum atomic E-state index is 0.0500. The molecule has 6 nitrogen and oxygen atoms in total. The average Bonchev–Trinajstić information content (AvgIpc) is 3.28. The highest BCUT2D eigenvalue weighted by Gasteiger charge is 2.31. The maximum Gasteiger partial charge on any atom is 0.267 e. The molecular formula is C17H21N3O3S. The quantitative estimate of drug-likeness (QED) is 0.927. The third-order valence-electron chi connectivity index (χ3n) is 4.74. The predicted molar refractivity (Wildman–Crippen MR) is 91.2 cm³/mol. The lowest BCUT2D eigenvalue weighted by Crippen LogP contribution is -2.39. The summed E-state index contributed by atoms with van der Waals surface area (Å²) in [6, 6.07) is 0. The van der Waals surface area contributed by atoms with Crippen molar-refractivity contribution in [3.8, 4) is 11.5 Å². The molecule has 2 aliphatic rings. The number of ether oxygens (including phenoxy) is 2. The Labute approximate surface area is 144 Å². The number of rotatable bonds is 3. The zero-order chi connectivity index (χ0) is 16.5. The first kappa shape index (κ1) is 15.5. The molecule has 0 bridgehead atoms. The molecule has 1 saturated heterocycles. The first-order valence-corrected chi connectivity index (χ1v) is 9.34. The maximum atomic E-state index is 13.0. The second-order valence-electron chi connectivity index (χ2n) is 6.21. The van der Waals surface area contributed by atoms with Crippen LogP contribution in [-0.4, -0.2) is 47.3 Å². The number of hydrogen-bond donors (Lipinski definition) is 1. The van der Waals surface area contributed by atoms with Gasteiger partial charge in [-0.05, 0) is 24.8 Å². The fraction of sp³-hybridized carbons (Fsp3) is 0.529. The molecule has 0 unspecified atom stereocenters. The van der Waals surface area contributed by atoms with Crippen LogP contribution in [-0.2, 0) is 6.42 Å². The number of H-pyrrole nitrogens is 1. The molecule has 4 rings (SSSR count). The Bertz CT molecular complexity index is 739. The van der Waals surface area contributed by atoms with Crippen molar-refractivity contribution in [2.24, 2.45) is 0 Å². The fourth-order valence-corrected chi connectivity index (χ4v) is 4.40. The summed E-state index contributed by atoms with van der Waals surface area (Å²) >= 11 is 1.41. The molecule has 1 atom stereocenters. The van der Waals surface area contributed by atoms with E-state index in [-0.39, 0.29) is 5.91 Å².